The van der Waals surface area contributed by atoms with Gasteiger partial charge in [0.1, 0.15) is 0 Å². The summed E-state index contributed by atoms with van der Waals surface area (Å²) in [6.07, 6.45) is 4.08. The van der Waals surface area contributed by atoms with Gasteiger partial charge in [-0.25, -0.2) is 4.79 Å². The van der Waals surface area contributed by atoms with Gasteiger partial charge in [0.15, 0.2) is 0 Å². The van der Waals surface area contributed by atoms with Crippen LogP contribution < -0.4 is 0 Å². The molecular formula is C18H26N2O3S. The molecule has 1 aromatic heterocycles. The monoisotopic (exact) mass is 350 g/mol. The minimum atomic E-state index is -0.160. The highest BCUT2D eigenvalue weighted by molar-refractivity contribution is 7.10. The third-order valence-corrected chi connectivity index (χ3v) is 6.74. The largest absolute Gasteiger partial charge is 0.450 e. The second kappa shape index (κ2) is 6.65. The molecule has 1 unspecified atom stereocenters. The van der Waals surface area contributed by atoms with Gasteiger partial charge in [0, 0.05) is 43.5 Å². The van der Waals surface area contributed by atoms with E-state index in [2.05, 4.69) is 16.3 Å². The summed E-state index contributed by atoms with van der Waals surface area (Å²) in [5, 5.41) is 2.21. The fraction of sp³-hybridized carbons (Fsp3) is 0.722. The van der Waals surface area contributed by atoms with Crippen LogP contribution in [-0.2, 0) is 21.5 Å². The average molecular weight is 350 g/mol. The third kappa shape index (κ3) is 2.85. The molecule has 6 heteroatoms. The summed E-state index contributed by atoms with van der Waals surface area (Å²) in [4.78, 5) is 17.8. The number of thiophene rings is 1. The number of likely N-dealkylation sites (tertiary alicyclic amines) is 2. The Morgan fingerprint density at radius 3 is 3.04 bits per heavy atom. The first-order valence-electron chi connectivity index (χ1n) is 9.08. The van der Waals surface area contributed by atoms with E-state index in [1.54, 1.807) is 0 Å². The molecule has 3 aliphatic rings. The van der Waals surface area contributed by atoms with Gasteiger partial charge in [0.25, 0.3) is 0 Å². The second-order valence-corrected chi connectivity index (χ2v) is 7.97. The molecule has 0 aromatic carbocycles. The zero-order valence-electron chi connectivity index (χ0n) is 14.3. The number of rotatable bonds is 2. The van der Waals surface area contributed by atoms with Crippen LogP contribution in [0.5, 0.6) is 0 Å². The zero-order chi connectivity index (χ0) is 16.6. The number of carbonyl (C=O) groups excluding carboxylic acids is 1. The molecule has 4 rings (SSSR count). The molecule has 2 fully saturated rings. The molecule has 0 radical (unpaired) electrons. The van der Waals surface area contributed by atoms with Crippen LogP contribution in [0.15, 0.2) is 11.4 Å². The van der Waals surface area contributed by atoms with Gasteiger partial charge < -0.3 is 14.4 Å². The first-order chi connectivity index (χ1) is 11.7. The van der Waals surface area contributed by atoms with Gasteiger partial charge in [0.2, 0.25) is 0 Å². The van der Waals surface area contributed by atoms with Crippen LogP contribution in [-0.4, -0.2) is 61.3 Å². The van der Waals surface area contributed by atoms with Crippen molar-refractivity contribution in [2.24, 2.45) is 0 Å². The van der Waals surface area contributed by atoms with Crippen molar-refractivity contribution in [3.63, 3.8) is 0 Å². The van der Waals surface area contributed by atoms with Gasteiger partial charge in [0.05, 0.1) is 18.8 Å². The molecule has 2 saturated heterocycles. The van der Waals surface area contributed by atoms with Gasteiger partial charge in [-0.15, -0.1) is 11.3 Å². The molecule has 0 saturated carbocycles. The number of carbonyl (C=O) groups is 1. The molecule has 0 bridgehead atoms. The number of ether oxygens (including phenoxy) is 2. The van der Waals surface area contributed by atoms with Gasteiger partial charge in [-0.1, -0.05) is 0 Å². The summed E-state index contributed by atoms with van der Waals surface area (Å²) < 4.78 is 11.4. The van der Waals surface area contributed by atoms with Crippen molar-refractivity contribution in [3.05, 3.63) is 21.9 Å². The van der Waals surface area contributed by atoms with Crippen molar-refractivity contribution in [2.75, 3.05) is 39.4 Å². The van der Waals surface area contributed by atoms with Crippen LogP contribution in [0.2, 0.25) is 0 Å². The zero-order valence-corrected chi connectivity index (χ0v) is 15.1. The van der Waals surface area contributed by atoms with Crippen LogP contribution in [0.25, 0.3) is 0 Å². The lowest BCUT2D eigenvalue weighted by Crippen LogP contribution is -2.50. The smallest absolute Gasteiger partial charge is 0.409 e. The Labute approximate surface area is 147 Å². The third-order valence-electron chi connectivity index (χ3n) is 5.76. The highest BCUT2D eigenvalue weighted by Crippen LogP contribution is 2.43. The Bertz CT molecular complexity index is 595. The lowest BCUT2D eigenvalue weighted by Gasteiger charge is -2.45. The van der Waals surface area contributed by atoms with E-state index in [9.17, 15) is 4.79 Å². The van der Waals surface area contributed by atoms with Gasteiger partial charge in [-0.05, 0) is 43.2 Å². The van der Waals surface area contributed by atoms with Crippen LogP contribution in [0.4, 0.5) is 4.79 Å². The molecule has 1 atom stereocenters. The average Bonchev–Trinajstić information content (AvgIpc) is 3.26. The molecule has 0 N–H and O–H groups in total. The lowest BCUT2D eigenvalue weighted by molar-refractivity contribution is -0.101. The Morgan fingerprint density at radius 1 is 1.42 bits per heavy atom. The molecule has 3 aliphatic heterocycles. The highest BCUT2D eigenvalue weighted by atomic mass is 32.1. The molecule has 132 valence electrons. The van der Waals surface area contributed by atoms with Gasteiger partial charge >= 0.3 is 6.09 Å². The summed E-state index contributed by atoms with van der Waals surface area (Å²) in [5.41, 5.74) is 1.39. The SMILES string of the molecule is CCOC(=O)N1CCC(N2CCC3(CC2)OCCc2sccc23)C1. The predicted octanol–water partition coefficient (Wildman–Crippen LogP) is 2.84. The number of hydrogen-bond donors (Lipinski definition) is 0. The molecule has 1 spiro atoms. The minimum absolute atomic E-state index is 0.0521. The van der Waals surface area contributed by atoms with Crippen LogP contribution in [0.3, 0.4) is 0 Å². The number of nitrogens with zero attached hydrogens (tertiary/aromatic N) is 2. The molecule has 0 aliphatic carbocycles. The van der Waals surface area contributed by atoms with Crippen molar-refractivity contribution in [1.82, 2.24) is 9.80 Å². The summed E-state index contributed by atoms with van der Waals surface area (Å²) in [7, 11) is 0. The molecule has 1 aromatic rings. The lowest BCUT2D eigenvalue weighted by atomic mass is 9.82. The quantitative estimate of drug-likeness (QED) is 0.822. The fourth-order valence-corrected chi connectivity index (χ4v) is 5.39. The summed E-state index contributed by atoms with van der Waals surface area (Å²) in [6, 6.07) is 2.74. The molecule has 24 heavy (non-hydrogen) atoms. The first-order valence-corrected chi connectivity index (χ1v) is 9.96. The molecule has 4 heterocycles. The number of piperidine rings is 1. The first kappa shape index (κ1) is 16.4. The number of amides is 1. The van der Waals surface area contributed by atoms with E-state index in [-0.39, 0.29) is 11.7 Å². The molecular weight excluding hydrogens is 324 g/mol. The van der Waals surface area contributed by atoms with Gasteiger partial charge in [-0.2, -0.15) is 0 Å². The minimum Gasteiger partial charge on any atom is -0.450 e. The predicted molar refractivity (Wildman–Crippen MR) is 93.5 cm³/mol. The van der Waals surface area contributed by atoms with Crippen molar-refractivity contribution in [2.45, 2.75) is 44.2 Å². The normalized spacial score (nSPS) is 26.5. The second-order valence-electron chi connectivity index (χ2n) is 6.97. The van der Waals surface area contributed by atoms with Gasteiger partial charge in [-0.3, -0.25) is 4.90 Å². The Morgan fingerprint density at radius 2 is 2.25 bits per heavy atom. The fourth-order valence-electron chi connectivity index (χ4n) is 4.44. The number of hydrogen-bond acceptors (Lipinski definition) is 5. The van der Waals surface area contributed by atoms with E-state index >= 15 is 0 Å². The highest BCUT2D eigenvalue weighted by Gasteiger charge is 2.43. The van der Waals surface area contributed by atoms with E-state index in [1.807, 2.05) is 23.2 Å². The Balaban J connectivity index is 1.37. The molecule has 1 amide bonds. The summed E-state index contributed by atoms with van der Waals surface area (Å²) >= 11 is 1.88. The van der Waals surface area contributed by atoms with Crippen LogP contribution in [0.1, 0.15) is 36.6 Å². The topological polar surface area (TPSA) is 42.0 Å². The standard InChI is InChI=1S/C18H26N2O3S/c1-2-22-17(21)20-8-3-14(13-20)19-9-6-18(7-10-19)15-5-12-24-16(15)4-11-23-18/h5,12,14H,2-4,6-11,13H2,1H3. The Kier molecular flexibility index (Phi) is 4.54. The van der Waals surface area contributed by atoms with Crippen molar-refractivity contribution in [1.29, 1.82) is 0 Å². The Hall–Kier alpha value is -1.11. The maximum absolute atomic E-state index is 11.9. The van der Waals surface area contributed by atoms with E-state index in [0.717, 1.165) is 58.5 Å². The van der Waals surface area contributed by atoms with E-state index < -0.39 is 0 Å². The van der Waals surface area contributed by atoms with Crippen molar-refractivity contribution in [3.8, 4) is 0 Å². The summed E-state index contributed by atoms with van der Waals surface area (Å²) in [5.74, 6) is 0. The van der Waals surface area contributed by atoms with Crippen LogP contribution >= 0.6 is 11.3 Å². The maximum Gasteiger partial charge on any atom is 0.409 e. The number of fused-ring (bicyclic) bond motifs is 2. The van der Waals surface area contributed by atoms with Crippen molar-refractivity contribution < 1.29 is 14.3 Å². The van der Waals surface area contributed by atoms with Crippen molar-refractivity contribution >= 4 is 17.4 Å². The van der Waals surface area contributed by atoms with Crippen LogP contribution in [0, 0.1) is 0 Å². The summed E-state index contributed by atoms with van der Waals surface area (Å²) in [6.45, 7) is 6.89. The molecule has 5 nitrogen and oxygen atoms in total. The van der Waals surface area contributed by atoms with E-state index in [1.165, 1.54) is 10.4 Å². The van der Waals surface area contributed by atoms with E-state index in [4.69, 9.17) is 9.47 Å². The maximum atomic E-state index is 11.9. The van der Waals surface area contributed by atoms with E-state index in [0.29, 0.717) is 12.6 Å².